The van der Waals surface area contributed by atoms with Crippen LogP contribution in [0, 0.1) is 5.82 Å². The first-order valence-electron chi connectivity index (χ1n) is 9.60. The van der Waals surface area contributed by atoms with Gasteiger partial charge in [0, 0.05) is 37.1 Å². The maximum absolute atomic E-state index is 13.0. The van der Waals surface area contributed by atoms with Gasteiger partial charge in [-0.1, -0.05) is 25.1 Å². The average molecular weight is 390 g/mol. The second kappa shape index (κ2) is 9.44. The van der Waals surface area contributed by atoms with Crippen molar-refractivity contribution in [2.24, 2.45) is 0 Å². The average Bonchev–Trinajstić information content (AvgIpc) is 3.18. The molecule has 1 N–H and O–H groups in total. The van der Waals surface area contributed by atoms with Crippen LogP contribution < -0.4 is 5.32 Å². The number of piperazine rings is 1. The van der Waals surface area contributed by atoms with E-state index in [1.807, 2.05) is 0 Å². The van der Waals surface area contributed by atoms with E-state index in [4.69, 9.17) is 0 Å². The van der Waals surface area contributed by atoms with Gasteiger partial charge in [-0.3, -0.25) is 9.69 Å². The number of carbonyl (C=O) groups excluding carboxylic acids is 1. The highest BCUT2D eigenvalue weighted by Crippen LogP contribution is 2.29. The molecule has 0 saturated carbocycles. The Morgan fingerprint density at radius 3 is 2.48 bits per heavy atom. The summed E-state index contributed by atoms with van der Waals surface area (Å²) in [5.74, 6) is -0.306. The third-order valence-corrected chi connectivity index (χ3v) is 6.17. The normalized spacial score (nSPS) is 18.2. The predicted molar refractivity (Wildman–Crippen MR) is 108 cm³/mol. The minimum Gasteiger partial charge on any atom is -0.351 e. The van der Waals surface area contributed by atoms with Gasteiger partial charge in [0.2, 0.25) is 5.91 Å². The highest BCUT2D eigenvalue weighted by Gasteiger charge is 2.30. The molecule has 1 saturated heterocycles. The maximum atomic E-state index is 13.0. The van der Waals surface area contributed by atoms with Crippen molar-refractivity contribution in [2.45, 2.75) is 32.4 Å². The minimum atomic E-state index is -0.281. The number of nitrogens with zero attached hydrogens (tertiary/aromatic N) is 2. The molecular formula is C21H28FN3OS. The summed E-state index contributed by atoms with van der Waals surface area (Å²) < 4.78 is 13.0. The molecule has 0 radical (unpaired) electrons. The lowest BCUT2D eigenvalue weighted by molar-refractivity contribution is -0.121. The van der Waals surface area contributed by atoms with Crippen molar-refractivity contribution < 1.29 is 9.18 Å². The Labute approximate surface area is 165 Å². The molecule has 2 heterocycles. The summed E-state index contributed by atoms with van der Waals surface area (Å²) in [7, 11) is 0. The Hall–Kier alpha value is -1.76. The molecular weight excluding hydrogens is 361 g/mol. The zero-order chi connectivity index (χ0) is 19.2. The van der Waals surface area contributed by atoms with Crippen LogP contribution in [0.4, 0.5) is 4.39 Å². The molecule has 6 heteroatoms. The number of hydrogen-bond donors (Lipinski definition) is 1. The van der Waals surface area contributed by atoms with Gasteiger partial charge in [-0.15, -0.1) is 11.3 Å². The van der Waals surface area contributed by atoms with Crippen LogP contribution in [-0.4, -0.2) is 54.5 Å². The fourth-order valence-corrected chi connectivity index (χ4v) is 4.70. The zero-order valence-corrected chi connectivity index (χ0v) is 16.8. The molecule has 0 spiro atoms. The third kappa shape index (κ3) is 5.37. The summed E-state index contributed by atoms with van der Waals surface area (Å²) >= 11 is 1.74. The summed E-state index contributed by atoms with van der Waals surface area (Å²) in [6, 6.07) is 10.5. The summed E-state index contributed by atoms with van der Waals surface area (Å²) in [4.78, 5) is 18.8. The van der Waals surface area contributed by atoms with Crippen molar-refractivity contribution in [1.82, 2.24) is 15.1 Å². The second-order valence-corrected chi connectivity index (χ2v) is 8.07. The monoisotopic (exact) mass is 389 g/mol. The Balaban J connectivity index is 1.65. The number of likely N-dealkylation sites (N-methyl/N-ethyl adjacent to an activating group) is 1. The van der Waals surface area contributed by atoms with Crippen LogP contribution in [0.3, 0.4) is 0 Å². The van der Waals surface area contributed by atoms with Crippen molar-refractivity contribution in [3.63, 3.8) is 0 Å². The minimum absolute atomic E-state index is 0.00442. The van der Waals surface area contributed by atoms with Gasteiger partial charge in [-0.2, -0.15) is 0 Å². The Morgan fingerprint density at radius 2 is 1.89 bits per heavy atom. The SMILES string of the molecule is CCN1CCN([C@H](c2cccs2)[C@H](C)NC(=O)Cc2ccc(F)cc2)CC1. The number of hydrogen-bond acceptors (Lipinski definition) is 4. The molecule has 2 atom stereocenters. The van der Waals surface area contributed by atoms with E-state index in [9.17, 15) is 9.18 Å². The maximum Gasteiger partial charge on any atom is 0.224 e. The number of benzene rings is 1. The first-order chi connectivity index (χ1) is 13.1. The first-order valence-corrected chi connectivity index (χ1v) is 10.5. The lowest BCUT2D eigenvalue weighted by Crippen LogP contribution is -2.52. The van der Waals surface area contributed by atoms with Gasteiger partial charge in [0.05, 0.1) is 12.5 Å². The first kappa shape index (κ1) is 20.0. The number of nitrogens with one attached hydrogen (secondary N) is 1. The molecule has 27 heavy (non-hydrogen) atoms. The van der Waals surface area contributed by atoms with Crippen LogP contribution in [0.2, 0.25) is 0 Å². The van der Waals surface area contributed by atoms with Crippen molar-refractivity contribution in [3.05, 3.63) is 58.0 Å². The third-order valence-electron chi connectivity index (χ3n) is 5.22. The molecule has 146 valence electrons. The van der Waals surface area contributed by atoms with Crippen molar-refractivity contribution in [1.29, 1.82) is 0 Å². The lowest BCUT2D eigenvalue weighted by atomic mass is 10.0. The number of carbonyl (C=O) groups is 1. The van der Waals surface area contributed by atoms with E-state index < -0.39 is 0 Å². The van der Waals surface area contributed by atoms with Gasteiger partial charge in [0.25, 0.3) is 0 Å². The molecule has 0 aliphatic carbocycles. The number of halogens is 1. The highest BCUT2D eigenvalue weighted by atomic mass is 32.1. The van der Waals surface area contributed by atoms with Gasteiger partial charge in [-0.05, 0) is 42.6 Å². The molecule has 3 rings (SSSR count). The molecule has 0 unspecified atom stereocenters. The topological polar surface area (TPSA) is 35.6 Å². The molecule has 1 aliphatic heterocycles. The summed E-state index contributed by atoms with van der Waals surface area (Å²) in [6.07, 6.45) is 0.269. The zero-order valence-electron chi connectivity index (χ0n) is 16.0. The Morgan fingerprint density at radius 1 is 1.19 bits per heavy atom. The molecule has 1 aromatic carbocycles. The van der Waals surface area contributed by atoms with Crippen molar-refractivity contribution >= 4 is 17.2 Å². The summed E-state index contributed by atoms with van der Waals surface area (Å²) in [5.41, 5.74) is 0.824. The molecule has 1 fully saturated rings. The van der Waals surface area contributed by atoms with Crippen LogP contribution in [0.25, 0.3) is 0 Å². The van der Waals surface area contributed by atoms with E-state index in [2.05, 4.69) is 46.5 Å². The number of thiophene rings is 1. The standard InChI is InChI=1S/C21H28FN3OS/c1-3-24-10-12-25(13-11-24)21(19-5-4-14-27-19)16(2)23-20(26)15-17-6-8-18(22)9-7-17/h4-9,14,16,21H,3,10-13,15H2,1-2H3,(H,23,26)/t16-,21-/m0/s1. The molecule has 2 aromatic rings. The van der Waals surface area contributed by atoms with E-state index in [1.165, 1.54) is 17.0 Å². The van der Waals surface area contributed by atoms with E-state index in [0.717, 1.165) is 38.3 Å². The van der Waals surface area contributed by atoms with Crippen LogP contribution in [0.5, 0.6) is 0 Å². The largest absolute Gasteiger partial charge is 0.351 e. The van der Waals surface area contributed by atoms with Crippen LogP contribution in [-0.2, 0) is 11.2 Å². The van der Waals surface area contributed by atoms with Crippen molar-refractivity contribution in [2.75, 3.05) is 32.7 Å². The second-order valence-electron chi connectivity index (χ2n) is 7.09. The van der Waals surface area contributed by atoms with Gasteiger partial charge < -0.3 is 10.2 Å². The number of rotatable bonds is 7. The smallest absolute Gasteiger partial charge is 0.224 e. The molecule has 1 aromatic heterocycles. The number of amides is 1. The van der Waals surface area contributed by atoms with Gasteiger partial charge in [-0.25, -0.2) is 4.39 Å². The fraction of sp³-hybridized carbons (Fsp3) is 0.476. The van der Waals surface area contributed by atoms with Gasteiger partial charge in [0.15, 0.2) is 0 Å². The molecule has 4 nitrogen and oxygen atoms in total. The molecule has 1 amide bonds. The summed E-state index contributed by atoms with van der Waals surface area (Å²) in [6.45, 7) is 9.51. The lowest BCUT2D eigenvalue weighted by Gasteiger charge is -2.41. The van der Waals surface area contributed by atoms with E-state index in [0.29, 0.717) is 0 Å². The van der Waals surface area contributed by atoms with E-state index in [1.54, 1.807) is 23.5 Å². The quantitative estimate of drug-likeness (QED) is 0.789. The molecule has 0 bridgehead atoms. The molecule has 1 aliphatic rings. The van der Waals surface area contributed by atoms with E-state index >= 15 is 0 Å². The van der Waals surface area contributed by atoms with Crippen LogP contribution in [0.15, 0.2) is 41.8 Å². The predicted octanol–water partition coefficient (Wildman–Crippen LogP) is 3.31. The summed E-state index contributed by atoms with van der Waals surface area (Å²) in [5, 5.41) is 5.27. The Bertz CT molecular complexity index is 712. The Kier molecular flexibility index (Phi) is 6.99. The van der Waals surface area contributed by atoms with Crippen molar-refractivity contribution in [3.8, 4) is 0 Å². The highest BCUT2D eigenvalue weighted by molar-refractivity contribution is 7.10. The fourth-order valence-electron chi connectivity index (χ4n) is 3.73. The van der Waals surface area contributed by atoms with E-state index in [-0.39, 0.29) is 30.2 Å². The van der Waals surface area contributed by atoms with Crippen LogP contribution in [0.1, 0.15) is 30.3 Å². The van der Waals surface area contributed by atoms with Gasteiger partial charge >= 0.3 is 0 Å². The van der Waals surface area contributed by atoms with Gasteiger partial charge in [0.1, 0.15) is 5.82 Å². The van der Waals surface area contributed by atoms with Crippen LogP contribution >= 0.6 is 11.3 Å².